The van der Waals surface area contributed by atoms with E-state index in [1.807, 2.05) is 0 Å². The first-order valence-corrected chi connectivity index (χ1v) is 6.65. The molecule has 0 N–H and O–H groups in total. The molecule has 1 aromatic carbocycles. The number of ether oxygens (including phenoxy) is 1. The molecule has 1 heterocycles. The second kappa shape index (κ2) is 4.89. The van der Waals surface area contributed by atoms with Gasteiger partial charge < -0.3 is 4.74 Å². The lowest BCUT2D eigenvalue weighted by molar-refractivity contribution is 0.0579. The van der Waals surface area contributed by atoms with Crippen molar-refractivity contribution in [3.63, 3.8) is 0 Å². The van der Waals surface area contributed by atoms with Gasteiger partial charge in [0.2, 0.25) is 0 Å². The predicted octanol–water partition coefficient (Wildman–Crippen LogP) is 3.43. The zero-order chi connectivity index (χ0) is 10.7. The van der Waals surface area contributed by atoms with Crippen molar-refractivity contribution in [3.05, 3.63) is 34.3 Å². The van der Waals surface area contributed by atoms with E-state index in [2.05, 4.69) is 52.8 Å². The Kier molecular flexibility index (Phi) is 3.75. The molecule has 0 amide bonds. The van der Waals surface area contributed by atoms with E-state index in [1.54, 1.807) is 0 Å². The van der Waals surface area contributed by atoms with Crippen LogP contribution in [0, 0.1) is 0 Å². The molecule has 0 saturated carbocycles. The predicted molar refractivity (Wildman–Crippen MR) is 69.7 cm³/mol. The molecule has 0 atom stereocenters. The molecule has 82 valence electrons. The SMILES string of the molecule is SCC1(c2ccccc2Br)CCOCC1. The molecule has 0 spiro atoms. The van der Waals surface area contributed by atoms with Gasteiger partial charge in [-0.2, -0.15) is 12.6 Å². The van der Waals surface area contributed by atoms with Gasteiger partial charge in [0.1, 0.15) is 0 Å². The zero-order valence-corrected chi connectivity index (χ0v) is 11.1. The minimum absolute atomic E-state index is 0.196. The third-order valence-corrected chi connectivity index (χ3v) is 4.49. The molecule has 0 bridgehead atoms. The van der Waals surface area contributed by atoms with Gasteiger partial charge in [0, 0.05) is 28.9 Å². The first-order chi connectivity index (χ1) is 7.28. The van der Waals surface area contributed by atoms with Gasteiger partial charge in [-0.1, -0.05) is 34.1 Å². The van der Waals surface area contributed by atoms with Gasteiger partial charge in [0.15, 0.2) is 0 Å². The van der Waals surface area contributed by atoms with E-state index >= 15 is 0 Å². The summed E-state index contributed by atoms with van der Waals surface area (Å²) >= 11 is 8.16. The van der Waals surface area contributed by atoms with Crippen molar-refractivity contribution in [1.82, 2.24) is 0 Å². The van der Waals surface area contributed by atoms with Crippen LogP contribution in [0.25, 0.3) is 0 Å². The van der Waals surface area contributed by atoms with E-state index in [1.165, 1.54) is 10.0 Å². The van der Waals surface area contributed by atoms with E-state index < -0.39 is 0 Å². The minimum Gasteiger partial charge on any atom is -0.381 e. The number of hydrogen-bond acceptors (Lipinski definition) is 2. The monoisotopic (exact) mass is 286 g/mol. The van der Waals surface area contributed by atoms with Crippen molar-refractivity contribution in [3.8, 4) is 0 Å². The van der Waals surface area contributed by atoms with E-state index in [-0.39, 0.29) is 5.41 Å². The highest BCUT2D eigenvalue weighted by atomic mass is 79.9. The average Bonchev–Trinajstić information content (AvgIpc) is 2.30. The molecule has 1 aliphatic rings. The Hall–Kier alpha value is 0.01000. The number of halogens is 1. The van der Waals surface area contributed by atoms with Crippen molar-refractivity contribution in [1.29, 1.82) is 0 Å². The van der Waals surface area contributed by atoms with Crippen LogP contribution in [0.2, 0.25) is 0 Å². The maximum absolute atomic E-state index is 5.44. The Morgan fingerprint density at radius 1 is 1.27 bits per heavy atom. The lowest BCUT2D eigenvalue weighted by Gasteiger charge is -2.37. The highest BCUT2D eigenvalue weighted by Gasteiger charge is 2.34. The van der Waals surface area contributed by atoms with Gasteiger partial charge in [0.05, 0.1) is 0 Å². The van der Waals surface area contributed by atoms with Crippen molar-refractivity contribution in [2.24, 2.45) is 0 Å². The number of hydrogen-bond donors (Lipinski definition) is 1. The van der Waals surface area contributed by atoms with Gasteiger partial charge in [-0.15, -0.1) is 0 Å². The molecule has 0 unspecified atom stereocenters. The van der Waals surface area contributed by atoms with Crippen LogP contribution in [0.4, 0.5) is 0 Å². The topological polar surface area (TPSA) is 9.23 Å². The Morgan fingerprint density at radius 2 is 1.93 bits per heavy atom. The number of benzene rings is 1. The summed E-state index contributed by atoms with van der Waals surface area (Å²) in [5, 5.41) is 0. The van der Waals surface area contributed by atoms with E-state index in [4.69, 9.17) is 4.74 Å². The standard InChI is InChI=1S/C12H15BrOS/c13-11-4-2-1-3-10(11)12(9-15)5-7-14-8-6-12/h1-4,15H,5-9H2. The highest BCUT2D eigenvalue weighted by molar-refractivity contribution is 9.10. The van der Waals surface area contributed by atoms with Crippen LogP contribution in [-0.4, -0.2) is 19.0 Å². The summed E-state index contributed by atoms with van der Waals surface area (Å²) in [6.45, 7) is 1.70. The van der Waals surface area contributed by atoms with Crippen LogP contribution >= 0.6 is 28.6 Å². The summed E-state index contributed by atoms with van der Waals surface area (Å²) in [4.78, 5) is 0. The minimum atomic E-state index is 0.196. The van der Waals surface area contributed by atoms with Crippen LogP contribution in [0.1, 0.15) is 18.4 Å². The zero-order valence-electron chi connectivity index (χ0n) is 8.58. The quantitative estimate of drug-likeness (QED) is 0.820. The van der Waals surface area contributed by atoms with Crippen LogP contribution in [0.15, 0.2) is 28.7 Å². The van der Waals surface area contributed by atoms with Gasteiger partial charge in [-0.25, -0.2) is 0 Å². The largest absolute Gasteiger partial charge is 0.381 e. The average molecular weight is 287 g/mol. The Labute approximate surface area is 105 Å². The molecule has 0 radical (unpaired) electrons. The van der Waals surface area contributed by atoms with Crippen LogP contribution < -0.4 is 0 Å². The van der Waals surface area contributed by atoms with E-state index in [0.29, 0.717) is 0 Å². The summed E-state index contributed by atoms with van der Waals surface area (Å²) in [5.74, 6) is 0.888. The second-order valence-corrected chi connectivity index (χ2v) is 5.20. The fourth-order valence-corrected chi connectivity index (χ4v) is 3.36. The molecular formula is C12H15BrOS. The second-order valence-electron chi connectivity index (χ2n) is 4.03. The Bertz CT molecular complexity index is 334. The summed E-state index contributed by atoms with van der Waals surface area (Å²) in [7, 11) is 0. The Morgan fingerprint density at radius 3 is 2.53 bits per heavy atom. The number of rotatable bonds is 2. The van der Waals surface area contributed by atoms with Crippen molar-refractivity contribution >= 4 is 28.6 Å². The van der Waals surface area contributed by atoms with Crippen LogP contribution in [0.3, 0.4) is 0 Å². The molecule has 1 nitrogen and oxygen atoms in total. The first-order valence-electron chi connectivity index (χ1n) is 5.22. The molecule has 1 aromatic rings. The molecule has 2 rings (SSSR count). The van der Waals surface area contributed by atoms with Crippen LogP contribution in [0.5, 0.6) is 0 Å². The molecule has 3 heteroatoms. The van der Waals surface area contributed by atoms with E-state index in [9.17, 15) is 0 Å². The molecule has 0 aromatic heterocycles. The maximum Gasteiger partial charge on any atom is 0.0474 e. The van der Waals surface area contributed by atoms with Crippen LogP contribution in [-0.2, 0) is 10.2 Å². The maximum atomic E-state index is 5.44. The smallest absolute Gasteiger partial charge is 0.0474 e. The lowest BCUT2D eigenvalue weighted by Crippen LogP contribution is -2.35. The van der Waals surface area contributed by atoms with Gasteiger partial charge >= 0.3 is 0 Å². The summed E-state index contributed by atoms with van der Waals surface area (Å²) in [5.41, 5.74) is 1.57. The highest BCUT2D eigenvalue weighted by Crippen LogP contribution is 2.39. The summed E-state index contributed by atoms with van der Waals surface area (Å²) in [6.07, 6.45) is 2.14. The van der Waals surface area contributed by atoms with Gasteiger partial charge in [-0.3, -0.25) is 0 Å². The summed E-state index contributed by atoms with van der Waals surface area (Å²) in [6, 6.07) is 8.46. The molecular weight excluding hydrogens is 272 g/mol. The fraction of sp³-hybridized carbons (Fsp3) is 0.500. The third-order valence-electron chi connectivity index (χ3n) is 3.20. The molecule has 1 saturated heterocycles. The molecule has 1 fully saturated rings. The fourth-order valence-electron chi connectivity index (χ4n) is 2.17. The van der Waals surface area contributed by atoms with Crippen molar-refractivity contribution in [2.45, 2.75) is 18.3 Å². The van der Waals surface area contributed by atoms with Gasteiger partial charge in [-0.05, 0) is 24.5 Å². The Balaban J connectivity index is 2.36. The van der Waals surface area contributed by atoms with Crippen molar-refractivity contribution in [2.75, 3.05) is 19.0 Å². The first kappa shape index (κ1) is 11.5. The van der Waals surface area contributed by atoms with E-state index in [0.717, 1.165) is 31.8 Å². The third kappa shape index (κ3) is 2.24. The molecule has 15 heavy (non-hydrogen) atoms. The molecule has 0 aliphatic carbocycles. The lowest BCUT2D eigenvalue weighted by atomic mass is 9.76. The molecule has 1 aliphatic heterocycles. The van der Waals surface area contributed by atoms with Gasteiger partial charge in [0.25, 0.3) is 0 Å². The van der Waals surface area contributed by atoms with Crippen molar-refractivity contribution < 1.29 is 4.74 Å². The normalized spacial score (nSPS) is 20.1. The summed E-state index contributed by atoms with van der Waals surface area (Å²) < 4.78 is 6.63. The number of thiol groups is 1.